The fraction of sp³-hybridized carbons (Fsp3) is 0.538. The molecule has 3 N–H and O–H groups in total. The number of ether oxygens (including phenoxy) is 1. The van der Waals surface area contributed by atoms with Gasteiger partial charge in [-0.15, -0.1) is 0 Å². The van der Waals surface area contributed by atoms with Gasteiger partial charge in [-0.1, -0.05) is 28.5 Å². The third-order valence-electron chi connectivity index (χ3n) is 3.53. The molecule has 1 aliphatic heterocycles. The Morgan fingerprint density at radius 2 is 2.00 bits per heavy atom. The lowest BCUT2D eigenvalue weighted by Crippen LogP contribution is -2.56. The van der Waals surface area contributed by atoms with E-state index in [0.29, 0.717) is 0 Å². The Labute approximate surface area is 149 Å². The Balaban J connectivity index is 2.23. The zero-order valence-electron chi connectivity index (χ0n) is 12.3. The molecule has 1 fully saturated rings. The second-order valence-corrected chi connectivity index (χ2v) is 6.74. The van der Waals surface area contributed by atoms with Gasteiger partial charge in [-0.3, -0.25) is 0 Å². The zero-order chi connectivity index (χ0) is 18.8. The Hall–Kier alpha value is -1.20. The summed E-state index contributed by atoms with van der Waals surface area (Å²) in [6.45, 7) is -0.601. The fourth-order valence-electron chi connectivity index (χ4n) is 2.29. The number of aliphatic hydroxyl groups excluding tert-OH is 3. The van der Waals surface area contributed by atoms with Gasteiger partial charge in [0.05, 0.1) is 29.3 Å². The quantitative estimate of drug-likeness (QED) is 0.408. The summed E-state index contributed by atoms with van der Waals surface area (Å²) in [6, 6.07) is 1.73. The second-order valence-electron chi connectivity index (χ2n) is 5.16. The van der Waals surface area contributed by atoms with Gasteiger partial charge in [0.25, 0.3) is 0 Å². The van der Waals surface area contributed by atoms with E-state index in [9.17, 15) is 28.5 Å². The Kier molecular flexibility index (Phi) is 6.44. The number of halogens is 4. The third-order valence-corrected chi connectivity index (χ3v) is 4.99. The highest BCUT2D eigenvalue weighted by Crippen LogP contribution is 2.39. The van der Waals surface area contributed by atoms with Crippen LogP contribution in [0.25, 0.3) is 10.4 Å². The number of hydrogen-bond donors (Lipinski definition) is 3. The van der Waals surface area contributed by atoms with Crippen LogP contribution in [-0.4, -0.2) is 51.7 Å². The van der Waals surface area contributed by atoms with E-state index in [4.69, 9.17) is 21.9 Å². The maximum absolute atomic E-state index is 12.7. The molecule has 12 heteroatoms. The van der Waals surface area contributed by atoms with Crippen molar-refractivity contribution >= 4 is 23.4 Å². The van der Waals surface area contributed by atoms with E-state index in [-0.39, 0.29) is 4.90 Å². The van der Waals surface area contributed by atoms with Gasteiger partial charge >= 0.3 is 6.18 Å². The minimum atomic E-state index is -4.60. The van der Waals surface area contributed by atoms with Crippen molar-refractivity contribution in [2.24, 2.45) is 5.11 Å². The summed E-state index contributed by atoms with van der Waals surface area (Å²) in [5, 5.41) is 32.1. The molecule has 0 radical (unpaired) electrons. The zero-order valence-corrected chi connectivity index (χ0v) is 13.9. The summed E-state index contributed by atoms with van der Waals surface area (Å²) in [4.78, 5) is 2.79. The van der Waals surface area contributed by atoms with Crippen LogP contribution in [0.15, 0.2) is 28.2 Å². The average molecular weight is 400 g/mol. The van der Waals surface area contributed by atoms with E-state index >= 15 is 0 Å². The molecule has 0 bridgehead atoms. The fourth-order valence-corrected chi connectivity index (χ4v) is 3.75. The van der Waals surface area contributed by atoms with Crippen LogP contribution in [0.4, 0.5) is 13.2 Å². The molecule has 0 unspecified atom stereocenters. The summed E-state index contributed by atoms with van der Waals surface area (Å²) >= 11 is 6.47. The molecule has 1 aromatic carbocycles. The molecule has 1 aromatic rings. The van der Waals surface area contributed by atoms with Crippen molar-refractivity contribution in [1.82, 2.24) is 0 Å². The van der Waals surface area contributed by atoms with E-state index in [2.05, 4.69) is 10.0 Å². The summed E-state index contributed by atoms with van der Waals surface area (Å²) < 4.78 is 43.5. The molecule has 1 heterocycles. The molecule has 0 saturated carbocycles. The highest BCUT2D eigenvalue weighted by atomic mass is 35.5. The predicted octanol–water partition coefficient (Wildman–Crippen LogP) is 2.57. The number of benzene rings is 1. The van der Waals surface area contributed by atoms with Crippen molar-refractivity contribution in [3.63, 3.8) is 0 Å². The predicted molar refractivity (Wildman–Crippen MR) is 83.0 cm³/mol. The van der Waals surface area contributed by atoms with E-state index < -0.39 is 53.2 Å². The van der Waals surface area contributed by atoms with Gasteiger partial charge in [-0.05, 0) is 23.7 Å². The summed E-state index contributed by atoms with van der Waals surface area (Å²) in [6.07, 6.45) is -8.59. The highest BCUT2D eigenvalue weighted by molar-refractivity contribution is 7.99. The van der Waals surface area contributed by atoms with Gasteiger partial charge in [0.2, 0.25) is 0 Å². The molecule has 0 aliphatic carbocycles. The number of alkyl halides is 3. The molecule has 7 nitrogen and oxygen atoms in total. The topological polar surface area (TPSA) is 119 Å². The first-order chi connectivity index (χ1) is 11.7. The lowest BCUT2D eigenvalue weighted by Gasteiger charge is -2.40. The van der Waals surface area contributed by atoms with Crippen LogP contribution in [0.3, 0.4) is 0 Å². The van der Waals surface area contributed by atoms with Crippen molar-refractivity contribution in [3.8, 4) is 0 Å². The smallest absolute Gasteiger partial charge is 0.394 e. The van der Waals surface area contributed by atoms with Gasteiger partial charge in [0.1, 0.15) is 17.6 Å². The number of aliphatic hydroxyl groups is 3. The number of rotatable bonds is 4. The van der Waals surface area contributed by atoms with Crippen molar-refractivity contribution < 1.29 is 33.2 Å². The maximum atomic E-state index is 12.7. The molecule has 1 saturated heterocycles. The molecule has 138 valence electrons. The second kappa shape index (κ2) is 8.00. The molecule has 5 atom stereocenters. The molecule has 0 amide bonds. The standard InChI is InChI=1S/C13H13ClF3N3O4S/c14-7-3-5(1-2-6(7)13(15,16)17)25-12-11(23)9(19-20-18)10(22)8(4-21)24-12/h1-3,8-12,21-23H,4H2/t8-,9+,10+,11-,12-/m1/s1. The van der Waals surface area contributed by atoms with Crippen LogP contribution in [-0.2, 0) is 10.9 Å². The largest absolute Gasteiger partial charge is 0.417 e. The van der Waals surface area contributed by atoms with E-state index in [0.717, 1.165) is 30.0 Å². The van der Waals surface area contributed by atoms with Gasteiger partial charge in [0.15, 0.2) is 0 Å². The first kappa shape index (κ1) is 20.1. The third kappa shape index (κ3) is 4.50. The van der Waals surface area contributed by atoms with Crippen LogP contribution >= 0.6 is 23.4 Å². The molecule has 0 aromatic heterocycles. The van der Waals surface area contributed by atoms with Gasteiger partial charge < -0.3 is 20.1 Å². The van der Waals surface area contributed by atoms with Gasteiger partial charge in [-0.25, -0.2) is 0 Å². The SMILES string of the molecule is [N-]=[N+]=N[C@@H]1[C@@H](O)[C@@H](Sc2ccc(C(F)(F)F)c(Cl)c2)O[C@H](CO)[C@@H]1O. The molecular weight excluding hydrogens is 387 g/mol. The summed E-state index contributed by atoms with van der Waals surface area (Å²) in [7, 11) is 0. The van der Waals surface area contributed by atoms with E-state index in [1.165, 1.54) is 0 Å². The molecule has 2 rings (SSSR count). The van der Waals surface area contributed by atoms with Crippen LogP contribution in [0.5, 0.6) is 0 Å². The van der Waals surface area contributed by atoms with Crippen molar-refractivity contribution in [2.75, 3.05) is 6.61 Å². The van der Waals surface area contributed by atoms with Crippen LogP contribution in [0, 0.1) is 0 Å². The Morgan fingerprint density at radius 3 is 2.52 bits per heavy atom. The Bertz CT molecular complexity index is 674. The van der Waals surface area contributed by atoms with Crippen molar-refractivity contribution in [1.29, 1.82) is 0 Å². The van der Waals surface area contributed by atoms with Crippen LogP contribution in [0.2, 0.25) is 5.02 Å². The lowest BCUT2D eigenvalue weighted by molar-refractivity contribution is -0.159. The van der Waals surface area contributed by atoms with Gasteiger partial charge in [-0.2, -0.15) is 13.2 Å². The number of azide groups is 1. The van der Waals surface area contributed by atoms with Crippen LogP contribution < -0.4 is 0 Å². The minimum Gasteiger partial charge on any atom is -0.394 e. The lowest BCUT2D eigenvalue weighted by atomic mass is 9.98. The van der Waals surface area contributed by atoms with Crippen molar-refractivity contribution in [3.05, 3.63) is 39.2 Å². The molecule has 25 heavy (non-hydrogen) atoms. The number of nitrogens with zero attached hydrogens (tertiary/aromatic N) is 3. The average Bonchev–Trinajstić information content (AvgIpc) is 2.53. The van der Waals surface area contributed by atoms with E-state index in [1.807, 2.05) is 0 Å². The molecule has 0 spiro atoms. The normalized spacial score (nSPS) is 30.0. The number of thioether (sulfide) groups is 1. The van der Waals surface area contributed by atoms with Crippen molar-refractivity contribution in [2.45, 2.75) is 40.9 Å². The Morgan fingerprint density at radius 1 is 1.32 bits per heavy atom. The maximum Gasteiger partial charge on any atom is 0.417 e. The molecular formula is C13H13ClF3N3O4S. The van der Waals surface area contributed by atoms with E-state index in [1.54, 1.807) is 0 Å². The summed E-state index contributed by atoms with van der Waals surface area (Å²) in [5.41, 5.74) is 6.44. The summed E-state index contributed by atoms with van der Waals surface area (Å²) in [5.74, 6) is 0. The molecule has 1 aliphatic rings. The highest BCUT2D eigenvalue weighted by Gasteiger charge is 2.44. The first-order valence-corrected chi connectivity index (χ1v) is 8.15. The number of hydrogen-bond acceptors (Lipinski definition) is 6. The first-order valence-electron chi connectivity index (χ1n) is 6.89. The minimum absolute atomic E-state index is 0.259. The van der Waals surface area contributed by atoms with Gasteiger partial charge in [0, 0.05) is 9.81 Å². The van der Waals surface area contributed by atoms with Crippen LogP contribution in [0.1, 0.15) is 5.56 Å². The monoisotopic (exact) mass is 399 g/mol.